The van der Waals surface area contributed by atoms with Crippen LogP contribution < -0.4 is 20.1 Å². The Kier molecular flexibility index (Phi) is 8.12. The van der Waals surface area contributed by atoms with Gasteiger partial charge in [0.15, 0.2) is 11.5 Å². The van der Waals surface area contributed by atoms with Crippen molar-refractivity contribution in [3.8, 4) is 11.5 Å². The normalized spacial score (nSPS) is 10.8. The third kappa shape index (κ3) is 6.91. The molecular weight excluding hydrogens is 332 g/mol. The van der Waals surface area contributed by atoms with Crippen LogP contribution in [0.25, 0.3) is 6.08 Å². The minimum absolute atomic E-state index is 0.0350. The van der Waals surface area contributed by atoms with E-state index in [1.807, 2.05) is 13.8 Å². The van der Waals surface area contributed by atoms with Crippen LogP contribution in [0, 0.1) is 0 Å². The van der Waals surface area contributed by atoms with Gasteiger partial charge >= 0.3 is 0 Å². The molecule has 0 saturated heterocycles. The van der Waals surface area contributed by atoms with Gasteiger partial charge in [-0.2, -0.15) is 0 Å². The van der Waals surface area contributed by atoms with E-state index < -0.39 is 0 Å². The van der Waals surface area contributed by atoms with E-state index in [1.165, 1.54) is 20.1 Å². The van der Waals surface area contributed by atoms with E-state index in [0.29, 0.717) is 35.2 Å². The van der Waals surface area contributed by atoms with Crippen molar-refractivity contribution in [1.82, 2.24) is 10.6 Å². The SMILES string of the molecule is COc1cc(/C=C/C(=O)NCCNC(C)=O)cc(Cl)c1OC(C)C. The zero-order valence-corrected chi connectivity index (χ0v) is 15.1. The highest BCUT2D eigenvalue weighted by Gasteiger charge is 2.12. The maximum Gasteiger partial charge on any atom is 0.244 e. The van der Waals surface area contributed by atoms with Crippen molar-refractivity contribution < 1.29 is 19.1 Å². The lowest BCUT2D eigenvalue weighted by molar-refractivity contribution is -0.119. The maximum absolute atomic E-state index is 11.7. The molecule has 2 amide bonds. The number of nitrogens with one attached hydrogen (secondary N) is 2. The summed E-state index contributed by atoms with van der Waals surface area (Å²) < 4.78 is 10.9. The topological polar surface area (TPSA) is 76.7 Å². The number of methoxy groups -OCH3 is 1. The molecule has 0 fully saturated rings. The van der Waals surface area contributed by atoms with Gasteiger partial charge in [-0.3, -0.25) is 9.59 Å². The summed E-state index contributed by atoms with van der Waals surface area (Å²) >= 11 is 6.23. The predicted molar refractivity (Wildman–Crippen MR) is 94.5 cm³/mol. The van der Waals surface area contributed by atoms with Crippen molar-refractivity contribution in [1.29, 1.82) is 0 Å². The molecule has 2 N–H and O–H groups in total. The van der Waals surface area contributed by atoms with Gasteiger partial charge in [-0.1, -0.05) is 11.6 Å². The summed E-state index contributed by atoms with van der Waals surface area (Å²) in [5.41, 5.74) is 0.713. The Bertz CT molecular complexity index is 615. The minimum atomic E-state index is -0.266. The van der Waals surface area contributed by atoms with Gasteiger partial charge in [0.25, 0.3) is 0 Å². The molecule has 132 valence electrons. The molecule has 24 heavy (non-hydrogen) atoms. The van der Waals surface area contributed by atoms with Gasteiger partial charge in [-0.15, -0.1) is 0 Å². The first-order valence-corrected chi connectivity index (χ1v) is 7.95. The average molecular weight is 355 g/mol. The lowest BCUT2D eigenvalue weighted by Crippen LogP contribution is -2.32. The molecule has 0 bridgehead atoms. The molecule has 0 aromatic heterocycles. The zero-order chi connectivity index (χ0) is 18.1. The quantitative estimate of drug-likeness (QED) is 0.555. The van der Waals surface area contributed by atoms with Crippen molar-refractivity contribution in [3.05, 3.63) is 28.8 Å². The highest BCUT2D eigenvalue weighted by molar-refractivity contribution is 6.32. The van der Waals surface area contributed by atoms with Gasteiger partial charge in [-0.25, -0.2) is 0 Å². The molecule has 0 atom stereocenters. The van der Waals surface area contributed by atoms with Crippen LogP contribution in [0.2, 0.25) is 5.02 Å². The third-order valence-corrected chi connectivity index (χ3v) is 3.11. The fourth-order valence-corrected chi connectivity index (χ4v) is 2.10. The van der Waals surface area contributed by atoms with Gasteiger partial charge in [0.2, 0.25) is 11.8 Å². The largest absolute Gasteiger partial charge is 0.493 e. The number of hydrogen-bond acceptors (Lipinski definition) is 4. The summed E-state index contributed by atoms with van der Waals surface area (Å²) in [6.07, 6.45) is 2.98. The molecule has 0 unspecified atom stereocenters. The molecule has 0 aliphatic rings. The van der Waals surface area contributed by atoms with E-state index in [0.717, 1.165) is 0 Å². The first-order chi connectivity index (χ1) is 11.3. The summed E-state index contributed by atoms with van der Waals surface area (Å²) in [6, 6.07) is 3.44. The number of ether oxygens (including phenoxy) is 2. The molecule has 0 heterocycles. The minimum Gasteiger partial charge on any atom is -0.493 e. The predicted octanol–water partition coefficient (Wildman–Crippen LogP) is 2.40. The second-order valence-corrected chi connectivity index (χ2v) is 5.72. The summed E-state index contributed by atoms with van der Waals surface area (Å²) in [7, 11) is 1.53. The Morgan fingerprint density at radius 1 is 1.25 bits per heavy atom. The fraction of sp³-hybridized carbons (Fsp3) is 0.412. The maximum atomic E-state index is 11.7. The van der Waals surface area contributed by atoms with Crippen LogP contribution in [-0.4, -0.2) is 38.1 Å². The smallest absolute Gasteiger partial charge is 0.244 e. The monoisotopic (exact) mass is 354 g/mol. The average Bonchev–Trinajstić information content (AvgIpc) is 2.51. The van der Waals surface area contributed by atoms with E-state index in [-0.39, 0.29) is 17.9 Å². The molecule has 1 aromatic rings. The first kappa shape index (κ1) is 19.8. The standard InChI is InChI=1S/C17H23ClN2O4/c1-11(2)24-17-14(18)9-13(10-15(17)23-4)5-6-16(22)20-8-7-19-12(3)21/h5-6,9-11H,7-8H2,1-4H3,(H,19,21)(H,20,22)/b6-5+. The van der Waals surface area contributed by atoms with Gasteiger partial charge in [0.1, 0.15) is 0 Å². The summed E-state index contributed by atoms with van der Waals surface area (Å²) in [6.45, 7) is 5.96. The van der Waals surface area contributed by atoms with Crippen LogP contribution in [0.1, 0.15) is 26.3 Å². The van der Waals surface area contributed by atoms with Crippen molar-refractivity contribution in [3.63, 3.8) is 0 Å². The van der Waals surface area contributed by atoms with E-state index in [2.05, 4.69) is 10.6 Å². The van der Waals surface area contributed by atoms with Crippen LogP contribution in [-0.2, 0) is 9.59 Å². The van der Waals surface area contributed by atoms with Crippen molar-refractivity contribution in [2.45, 2.75) is 26.9 Å². The Labute approximate surface area is 147 Å². The van der Waals surface area contributed by atoms with Crippen molar-refractivity contribution >= 4 is 29.5 Å². The van der Waals surface area contributed by atoms with Gasteiger partial charge in [0.05, 0.1) is 18.2 Å². The van der Waals surface area contributed by atoms with Crippen LogP contribution in [0.4, 0.5) is 0 Å². The Hall–Kier alpha value is -2.21. The van der Waals surface area contributed by atoms with Crippen LogP contribution in [0.15, 0.2) is 18.2 Å². The van der Waals surface area contributed by atoms with E-state index in [9.17, 15) is 9.59 Å². The molecule has 7 heteroatoms. The molecule has 0 spiro atoms. The van der Waals surface area contributed by atoms with Crippen LogP contribution in [0.3, 0.4) is 0 Å². The number of hydrogen-bond donors (Lipinski definition) is 2. The number of carbonyl (C=O) groups excluding carboxylic acids is 2. The number of halogens is 1. The third-order valence-electron chi connectivity index (χ3n) is 2.83. The summed E-state index contributed by atoms with van der Waals surface area (Å²) in [4.78, 5) is 22.4. The summed E-state index contributed by atoms with van der Waals surface area (Å²) in [5.74, 6) is 0.580. The summed E-state index contributed by atoms with van der Waals surface area (Å²) in [5, 5.41) is 5.66. The first-order valence-electron chi connectivity index (χ1n) is 7.58. The van der Waals surface area contributed by atoms with Crippen molar-refractivity contribution in [2.24, 2.45) is 0 Å². The number of amides is 2. The fourth-order valence-electron chi connectivity index (χ4n) is 1.84. The van der Waals surface area contributed by atoms with Gasteiger partial charge in [0, 0.05) is 26.1 Å². The second kappa shape index (κ2) is 9.82. The molecule has 0 aliphatic carbocycles. The van der Waals surface area contributed by atoms with Crippen molar-refractivity contribution in [2.75, 3.05) is 20.2 Å². The lowest BCUT2D eigenvalue weighted by Gasteiger charge is -2.15. The molecule has 1 rings (SSSR count). The van der Waals surface area contributed by atoms with Crippen LogP contribution >= 0.6 is 11.6 Å². The highest BCUT2D eigenvalue weighted by Crippen LogP contribution is 2.37. The molecule has 6 nitrogen and oxygen atoms in total. The number of benzene rings is 1. The lowest BCUT2D eigenvalue weighted by atomic mass is 10.2. The van der Waals surface area contributed by atoms with Crippen LogP contribution in [0.5, 0.6) is 11.5 Å². The van der Waals surface area contributed by atoms with E-state index >= 15 is 0 Å². The molecular formula is C17H23ClN2O4. The molecule has 0 aliphatic heterocycles. The highest BCUT2D eigenvalue weighted by atomic mass is 35.5. The molecule has 0 radical (unpaired) electrons. The number of carbonyl (C=O) groups is 2. The van der Waals surface area contributed by atoms with E-state index in [4.69, 9.17) is 21.1 Å². The Morgan fingerprint density at radius 2 is 1.92 bits per heavy atom. The second-order valence-electron chi connectivity index (χ2n) is 5.31. The van der Waals surface area contributed by atoms with Gasteiger partial charge in [-0.05, 0) is 37.6 Å². The molecule has 0 saturated carbocycles. The number of rotatable bonds is 8. The van der Waals surface area contributed by atoms with E-state index in [1.54, 1.807) is 18.2 Å². The zero-order valence-electron chi connectivity index (χ0n) is 14.3. The van der Waals surface area contributed by atoms with Gasteiger partial charge < -0.3 is 20.1 Å². The molecule has 1 aromatic carbocycles. The Morgan fingerprint density at radius 3 is 2.50 bits per heavy atom. The Balaban J connectivity index is 2.71.